The Bertz CT molecular complexity index is 985. The number of amides is 2. The molecule has 0 saturated carbocycles. The van der Waals surface area contributed by atoms with Crippen LogP contribution in [0.1, 0.15) is 17.5 Å². The molecule has 1 N–H and O–H groups in total. The Balaban J connectivity index is 1.10. The van der Waals surface area contributed by atoms with E-state index in [9.17, 15) is 9.59 Å². The predicted molar refractivity (Wildman–Crippen MR) is 116 cm³/mol. The zero-order chi connectivity index (χ0) is 21.2. The number of carbonyl (C=O) groups is 2. The third kappa shape index (κ3) is 4.37. The van der Waals surface area contributed by atoms with Gasteiger partial charge in [-0.2, -0.15) is 0 Å². The van der Waals surface area contributed by atoms with Gasteiger partial charge in [0.15, 0.2) is 11.5 Å². The van der Waals surface area contributed by atoms with Crippen LogP contribution < -0.4 is 14.8 Å². The predicted octanol–water partition coefficient (Wildman–Crippen LogP) is 2.10. The number of piperazine rings is 1. The summed E-state index contributed by atoms with van der Waals surface area (Å²) in [5.74, 6) is 1.20. The first-order valence-corrected chi connectivity index (χ1v) is 11.0. The molecule has 31 heavy (non-hydrogen) atoms. The zero-order valence-corrected chi connectivity index (χ0v) is 17.5. The highest BCUT2D eigenvalue weighted by molar-refractivity contribution is 5.92. The molecule has 0 radical (unpaired) electrons. The molecule has 7 heteroatoms. The molecule has 0 spiro atoms. The second-order valence-corrected chi connectivity index (χ2v) is 8.35. The van der Waals surface area contributed by atoms with E-state index in [0.29, 0.717) is 44.2 Å². The van der Waals surface area contributed by atoms with Crippen LogP contribution in [0.15, 0.2) is 42.5 Å². The number of hydrogen-bond donors (Lipinski definition) is 1. The zero-order valence-electron chi connectivity index (χ0n) is 17.5. The molecule has 0 aromatic heterocycles. The molecule has 2 amide bonds. The van der Waals surface area contributed by atoms with Gasteiger partial charge in [-0.05, 0) is 54.7 Å². The molecule has 0 bridgehead atoms. The molecule has 0 unspecified atom stereocenters. The Hall–Kier alpha value is -3.06. The number of rotatable bonds is 4. The van der Waals surface area contributed by atoms with Crippen LogP contribution in [-0.2, 0) is 22.4 Å². The van der Waals surface area contributed by atoms with Crippen molar-refractivity contribution in [1.29, 1.82) is 0 Å². The summed E-state index contributed by atoms with van der Waals surface area (Å²) in [7, 11) is 0. The molecule has 1 fully saturated rings. The van der Waals surface area contributed by atoms with Crippen molar-refractivity contribution >= 4 is 17.5 Å². The van der Waals surface area contributed by atoms with E-state index in [1.54, 1.807) is 4.90 Å². The van der Waals surface area contributed by atoms with Crippen LogP contribution in [0.4, 0.5) is 5.69 Å². The highest BCUT2D eigenvalue weighted by atomic mass is 16.6. The maximum absolute atomic E-state index is 12.8. The number of hydrogen-bond acceptors (Lipinski definition) is 5. The lowest BCUT2D eigenvalue weighted by atomic mass is 10.1. The summed E-state index contributed by atoms with van der Waals surface area (Å²) in [5.41, 5.74) is 3.62. The van der Waals surface area contributed by atoms with Crippen LogP contribution in [0.2, 0.25) is 0 Å². The van der Waals surface area contributed by atoms with E-state index < -0.39 is 6.10 Å². The lowest BCUT2D eigenvalue weighted by Gasteiger charge is -2.36. The van der Waals surface area contributed by atoms with Crippen molar-refractivity contribution in [2.45, 2.75) is 25.4 Å². The molecule has 1 aliphatic carbocycles. The Morgan fingerprint density at radius 2 is 1.74 bits per heavy atom. The maximum atomic E-state index is 12.8. The van der Waals surface area contributed by atoms with Gasteiger partial charge in [-0.3, -0.25) is 14.5 Å². The molecule has 162 valence electrons. The molecule has 7 nitrogen and oxygen atoms in total. The van der Waals surface area contributed by atoms with Crippen LogP contribution >= 0.6 is 0 Å². The molecule has 5 rings (SSSR count). The van der Waals surface area contributed by atoms with E-state index in [-0.39, 0.29) is 18.4 Å². The van der Waals surface area contributed by atoms with Crippen molar-refractivity contribution in [2.75, 3.05) is 44.6 Å². The number of nitrogens with zero attached hydrogens (tertiary/aromatic N) is 2. The summed E-state index contributed by atoms with van der Waals surface area (Å²) in [4.78, 5) is 29.2. The van der Waals surface area contributed by atoms with Crippen molar-refractivity contribution in [1.82, 2.24) is 9.80 Å². The largest absolute Gasteiger partial charge is 0.485 e. The van der Waals surface area contributed by atoms with Crippen molar-refractivity contribution in [3.63, 3.8) is 0 Å². The fourth-order valence-corrected chi connectivity index (χ4v) is 4.52. The normalized spacial score (nSPS) is 20.3. The molecule has 2 aromatic rings. The van der Waals surface area contributed by atoms with Gasteiger partial charge in [-0.15, -0.1) is 0 Å². The first kappa shape index (κ1) is 19.9. The summed E-state index contributed by atoms with van der Waals surface area (Å²) in [6, 6.07) is 13.6. The SMILES string of the molecule is O=C(CN1CCN(C(=O)[C@@H]2COc3ccccc3O2)CC1)Nc1ccc2c(c1)CCC2. The Labute approximate surface area is 181 Å². The summed E-state index contributed by atoms with van der Waals surface area (Å²) in [6.45, 7) is 3.02. The van der Waals surface area contributed by atoms with Gasteiger partial charge in [0.25, 0.3) is 5.91 Å². The smallest absolute Gasteiger partial charge is 0.267 e. The minimum Gasteiger partial charge on any atom is -0.485 e. The van der Waals surface area contributed by atoms with Crippen LogP contribution in [-0.4, -0.2) is 67.0 Å². The second-order valence-electron chi connectivity index (χ2n) is 8.35. The van der Waals surface area contributed by atoms with E-state index in [4.69, 9.17) is 9.47 Å². The molecule has 2 heterocycles. The minimum absolute atomic E-state index is 0.0154. The van der Waals surface area contributed by atoms with Gasteiger partial charge in [-0.1, -0.05) is 18.2 Å². The van der Waals surface area contributed by atoms with Gasteiger partial charge in [-0.25, -0.2) is 0 Å². The summed E-state index contributed by atoms with van der Waals surface area (Å²) in [5, 5.41) is 3.02. The summed E-state index contributed by atoms with van der Waals surface area (Å²) >= 11 is 0. The van der Waals surface area contributed by atoms with E-state index in [0.717, 1.165) is 18.5 Å². The highest BCUT2D eigenvalue weighted by Crippen LogP contribution is 2.31. The van der Waals surface area contributed by atoms with Crippen molar-refractivity contribution in [2.24, 2.45) is 0 Å². The number of nitrogens with one attached hydrogen (secondary N) is 1. The molecular formula is C24H27N3O4. The van der Waals surface area contributed by atoms with Gasteiger partial charge in [0.1, 0.15) is 6.61 Å². The minimum atomic E-state index is -0.621. The van der Waals surface area contributed by atoms with Crippen LogP contribution in [0, 0.1) is 0 Å². The van der Waals surface area contributed by atoms with Gasteiger partial charge < -0.3 is 19.7 Å². The van der Waals surface area contributed by atoms with E-state index in [1.165, 1.54) is 17.5 Å². The summed E-state index contributed by atoms with van der Waals surface area (Å²) in [6.07, 6.45) is 2.80. The molecule has 2 aliphatic heterocycles. The molecular weight excluding hydrogens is 394 g/mol. The number of carbonyl (C=O) groups excluding carboxylic acids is 2. The molecule has 2 aromatic carbocycles. The Morgan fingerprint density at radius 1 is 0.968 bits per heavy atom. The molecule has 1 atom stereocenters. The number of aryl methyl sites for hydroxylation is 2. The van der Waals surface area contributed by atoms with Crippen LogP contribution in [0.25, 0.3) is 0 Å². The quantitative estimate of drug-likeness (QED) is 0.819. The first-order valence-electron chi connectivity index (χ1n) is 11.0. The second kappa shape index (κ2) is 8.59. The lowest BCUT2D eigenvalue weighted by molar-refractivity contribution is -0.143. The molecule has 3 aliphatic rings. The van der Waals surface area contributed by atoms with Crippen molar-refractivity contribution < 1.29 is 19.1 Å². The van der Waals surface area contributed by atoms with E-state index in [1.807, 2.05) is 30.3 Å². The molecule has 1 saturated heterocycles. The van der Waals surface area contributed by atoms with Gasteiger partial charge in [0.2, 0.25) is 12.0 Å². The highest BCUT2D eigenvalue weighted by Gasteiger charge is 2.32. The van der Waals surface area contributed by atoms with Crippen LogP contribution in [0.5, 0.6) is 11.5 Å². The van der Waals surface area contributed by atoms with Gasteiger partial charge in [0, 0.05) is 31.9 Å². The monoisotopic (exact) mass is 421 g/mol. The van der Waals surface area contributed by atoms with Crippen molar-refractivity contribution in [3.05, 3.63) is 53.6 Å². The number of para-hydroxylation sites is 2. The lowest BCUT2D eigenvalue weighted by Crippen LogP contribution is -2.54. The fraction of sp³-hybridized carbons (Fsp3) is 0.417. The third-order valence-corrected chi connectivity index (χ3v) is 6.22. The Kier molecular flexibility index (Phi) is 5.51. The third-order valence-electron chi connectivity index (χ3n) is 6.22. The number of anilines is 1. The van der Waals surface area contributed by atoms with E-state index in [2.05, 4.69) is 22.3 Å². The maximum Gasteiger partial charge on any atom is 0.267 e. The topological polar surface area (TPSA) is 71.1 Å². The number of ether oxygens (including phenoxy) is 2. The number of benzene rings is 2. The van der Waals surface area contributed by atoms with Crippen LogP contribution in [0.3, 0.4) is 0 Å². The first-order chi connectivity index (χ1) is 15.2. The summed E-state index contributed by atoms with van der Waals surface area (Å²) < 4.78 is 11.5. The average Bonchev–Trinajstić information content (AvgIpc) is 3.26. The average molecular weight is 421 g/mol. The standard InChI is InChI=1S/C24H27N3O4/c28-23(25-19-9-8-17-4-3-5-18(17)14-19)15-26-10-12-27(13-11-26)24(29)22-16-30-20-6-1-2-7-21(20)31-22/h1-2,6-9,14,22H,3-5,10-13,15-16H2,(H,25,28)/t22-/m0/s1. The van der Waals surface area contributed by atoms with Crippen molar-refractivity contribution in [3.8, 4) is 11.5 Å². The Morgan fingerprint density at radius 3 is 2.58 bits per heavy atom. The fourth-order valence-electron chi connectivity index (χ4n) is 4.52. The number of fused-ring (bicyclic) bond motifs is 2. The van der Waals surface area contributed by atoms with Gasteiger partial charge in [0.05, 0.1) is 6.54 Å². The van der Waals surface area contributed by atoms with Gasteiger partial charge >= 0.3 is 0 Å². The van der Waals surface area contributed by atoms with E-state index >= 15 is 0 Å².